The largest absolute Gasteiger partial charge is 0.368 e. The van der Waals surface area contributed by atoms with Gasteiger partial charge in [-0.15, -0.1) is 0 Å². The molecule has 1 aliphatic rings. The summed E-state index contributed by atoms with van der Waals surface area (Å²) in [5.41, 5.74) is 1.38. The third kappa shape index (κ3) is 5.32. The van der Waals surface area contributed by atoms with Crippen LogP contribution >= 0.6 is 0 Å². The molecule has 0 bridgehead atoms. The van der Waals surface area contributed by atoms with Crippen LogP contribution in [0.5, 0.6) is 0 Å². The Bertz CT molecular complexity index is 1560. The van der Waals surface area contributed by atoms with Gasteiger partial charge in [-0.05, 0) is 48.5 Å². The lowest BCUT2D eigenvalue weighted by atomic mass is 10.1. The molecule has 39 heavy (non-hydrogen) atoms. The van der Waals surface area contributed by atoms with E-state index in [9.17, 15) is 26.4 Å². The maximum absolute atomic E-state index is 14.1. The van der Waals surface area contributed by atoms with Crippen LogP contribution in [0.2, 0.25) is 0 Å². The molecule has 1 aliphatic heterocycles. The molecule has 2 heterocycles. The summed E-state index contributed by atoms with van der Waals surface area (Å²) < 4.78 is 69.2. The molecule has 8 nitrogen and oxygen atoms in total. The highest BCUT2D eigenvalue weighted by Gasteiger charge is 2.28. The minimum Gasteiger partial charge on any atom is -0.368 e. The molecular weight excluding hydrogens is 531 g/mol. The number of carbonyl (C=O) groups excluding carboxylic acids is 1. The number of imidazole rings is 1. The highest BCUT2D eigenvalue weighted by atomic mass is 32.2. The second-order valence-electron chi connectivity index (χ2n) is 8.92. The molecule has 1 fully saturated rings. The van der Waals surface area contributed by atoms with Crippen molar-refractivity contribution in [3.8, 4) is 0 Å². The molecule has 0 unspecified atom stereocenters. The second-order valence-corrected chi connectivity index (χ2v) is 10.8. The van der Waals surface area contributed by atoms with Gasteiger partial charge in [0.25, 0.3) is 15.9 Å². The number of halogens is 3. The Hall–Kier alpha value is -4.32. The third-order valence-corrected chi connectivity index (χ3v) is 8.32. The first-order valence-corrected chi connectivity index (χ1v) is 13.5. The van der Waals surface area contributed by atoms with Crippen molar-refractivity contribution in [1.82, 2.24) is 14.9 Å². The molecule has 1 saturated heterocycles. The molecule has 0 saturated carbocycles. The number of sulfonamides is 1. The first-order chi connectivity index (χ1) is 18.8. The maximum Gasteiger partial charge on any atom is 0.264 e. The normalized spacial score (nSPS) is 13.9. The van der Waals surface area contributed by atoms with Gasteiger partial charge in [0.2, 0.25) is 0 Å². The van der Waals surface area contributed by atoms with Crippen molar-refractivity contribution >= 4 is 27.3 Å². The van der Waals surface area contributed by atoms with Crippen LogP contribution in [0.4, 0.5) is 24.5 Å². The molecule has 0 atom stereocenters. The van der Waals surface area contributed by atoms with Crippen LogP contribution in [0.1, 0.15) is 16.1 Å². The molecule has 1 N–H and O–H groups in total. The van der Waals surface area contributed by atoms with E-state index in [1.807, 2.05) is 4.90 Å². The fourth-order valence-corrected chi connectivity index (χ4v) is 5.88. The standard InChI is InChI=1S/C27H24F3N5O3S/c28-24-11-10-23(25(29)26(24)30)27(36)34-14-12-33(13-15-34)20-6-8-21(9-7-20)35(17-19-16-31-18-32-19)39(37,38)22-4-2-1-3-5-22/h1-11,16,18H,12-15,17H2,(H,31,32). The van der Waals surface area contributed by atoms with Crippen molar-refractivity contribution < 1.29 is 26.4 Å². The quantitative estimate of drug-likeness (QED) is 0.346. The highest BCUT2D eigenvalue weighted by Crippen LogP contribution is 2.28. The molecule has 0 spiro atoms. The van der Waals surface area contributed by atoms with Gasteiger partial charge in [0.05, 0.1) is 34.7 Å². The van der Waals surface area contributed by atoms with Crippen molar-refractivity contribution in [2.24, 2.45) is 0 Å². The molecular formula is C27H24F3N5O3S. The summed E-state index contributed by atoms with van der Waals surface area (Å²) >= 11 is 0. The predicted molar refractivity (Wildman–Crippen MR) is 139 cm³/mol. The predicted octanol–water partition coefficient (Wildman–Crippen LogP) is 4.18. The van der Waals surface area contributed by atoms with Crippen LogP contribution in [0.15, 0.2) is 84.1 Å². The van der Waals surface area contributed by atoms with Crippen molar-refractivity contribution in [2.75, 3.05) is 35.4 Å². The van der Waals surface area contributed by atoms with Crippen molar-refractivity contribution in [3.63, 3.8) is 0 Å². The average Bonchev–Trinajstić information content (AvgIpc) is 3.49. The number of hydrogen-bond acceptors (Lipinski definition) is 5. The van der Waals surface area contributed by atoms with E-state index >= 15 is 0 Å². The van der Waals surface area contributed by atoms with Gasteiger partial charge < -0.3 is 14.8 Å². The lowest BCUT2D eigenvalue weighted by Gasteiger charge is -2.36. The Morgan fingerprint density at radius 2 is 1.59 bits per heavy atom. The Morgan fingerprint density at radius 1 is 0.897 bits per heavy atom. The first kappa shape index (κ1) is 26.3. The van der Waals surface area contributed by atoms with Crippen LogP contribution in [-0.4, -0.2) is 55.4 Å². The summed E-state index contributed by atoms with van der Waals surface area (Å²) in [7, 11) is -3.87. The smallest absolute Gasteiger partial charge is 0.264 e. The number of nitrogens with zero attached hydrogens (tertiary/aromatic N) is 4. The topological polar surface area (TPSA) is 89.6 Å². The fourth-order valence-electron chi connectivity index (χ4n) is 4.42. The van der Waals surface area contributed by atoms with Crippen LogP contribution in [0.3, 0.4) is 0 Å². The summed E-state index contributed by atoms with van der Waals surface area (Å²) in [5.74, 6) is -5.22. The molecule has 202 valence electrons. The Labute approximate surface area is 223 Å². The highest BCUT2D eigenvalue weighted by molar-refractivity contribution is 7.92. The van der Waals surface area contributed by atoms with E-state index < -0.39 is 38.9 Å². The van der Waals surface area contributed by atoms with Gasteiger partial charge in [0, 0.05) is 38.1 Å². The molecule has 12 heteroatoms. The zero-order valence-corrected chi connectivity index (χ0v) is 21.4. The molecule has 3 aromatic carbocycles. The maximum atomic E-state index is 14.1. The summed E-state index contributed by atoms with van der Waals surface area (Å²) in [4.78, 5) is 23.2. The van der Waals surface area contributed by atoms with Crippen LogP contribution in [0.25, 0.3) is 0 Å². The Morgan fingerprint density at radius 3 is 2.23 bits per heavy atom. The Balaban J connectivity index is 1.31. The van der Waals surface area contributed by atoms with Crippen molar-refractivity contribution in [3.05, 3.63) is 108 Å². The number of hydrogen-bond donors (Lipinski definition) is 1. The van der Waals surface area contributed by atoms with Gasteiger partial charge in [-0.25, -0.2) is 26.6 Å². The number of benzene rings is 3. The SMILES string of the molecule is O=C(c1ccc(F)c(F)c1F)N1CCN(c2ccc(N(Cc3cnc[nH]3)S(=O)(=O)c3ccccc3)cc2)CC1. The summed E-state index contributed by atoms with van der Waals surface area (Å²) in [6, 6.07) is 16.8. The van der Waals surface area contributed by atoms with Gasteiger partial charge in [-0.2, -0.15) is 0 Å². The van der Waals surface area contributed by atoms with E-state index in [0.717, 1.165) is 17.8 Å². The number of rotatable bonds is 7. The number of amides is 1. The van der Waals surface area contributed by atoms with E-state index in [2.05, 4.69) is 9.97 Å². The zero-order chi connectivity index (χ0) is 27.6. The molecule has 1 amide bonds. The number of carbonyl (C=O) groups is 1. The molecule has 0 radical (unpaired) electrons. The van der Waals surface area contributed by atoms with E-state index in [1.165, 1.54) is 27.7 Å². The third-order valence-electron chi connectivity index (χ3n) is 6.54. The number of nitrogens with one attached hydrogen (secondary N) is 1. The molecule has 0 aliphatic carbocycles. The number of aromatic amines is 1. The van der Waals surface area contributed by atoms with Crippen LogP contribution in [0, 0.1) is 17.5 Å². The molecule has 4 aromatic rings. The average molecular weight is 556 g/mol. The van der Waals surface area contributed by atoms with E-state index in [1.54, 1.807) is 48.7 Å². The summed E-state index contributed by atoms with van der Waals surface area (Å²) in [6.07, 6.45) is 3.05. The molecule has 1 aromatic heterocycles. The van der Waals surface area contributed by atoms with E-state index in [-0.39, 0.29) is 24.5 Å². The van der Waals surface area contributed by atoms with E-state index in [4.69, 9.17) is 0 Å². The van der Waals surface area contributed by atoms with Gasteiger partial charge in [0.15, 0.2) is 17.5 Å². The second kappa shape index (κ2) is 10.8. The monoisotopic (exact) mass is 555 g/mol. The number of H-pyrrole nitrogens is 1. The number of aromatic nitrogens is 2. The lowest BCUT2D eigenvalue weighted by Crippen LogP contribution is -2.49. The van der Waals surface area contributed by atoms with Gasteiger partial charge >= 0.3 is 0 Å². The summed E-state index contributed by atoms with van der Waals surface area (Å²) in [6.45, 7) is 1.37. The van der Waals surface area contributed by atoms with Gasteiger partial charge in [-0.3, -0.25) is 9.10 Å². The number of piperazine rings is 1. The van der Waals surface area contributed by atoms with Crippen molar-refractivity contribution in [2.45, 2.75) is 11.4 Å². The number of anilines is 2. The Kier molecular flexibility index (Phi) is 7.29. The first-order valence-electron chi connectivity index (χ1n) is 12.1. The van der Waals surface area contributed by atoms with Crippen LogP contribution < -0.4 is 9.21 Å². The minimum atomic E-state index is -3.87. The molecule has 5 rings (SSSR count). The summed E-state index contributed by atoms with van der Waals surface area (Å²) in [5, 5.41) is 0. The lowest BCUT2D eigenvalue weighted by molar-refractivity contribution is 0.0740. The minimum absolute atomic E-state index is 0.0535. The van der Waals surface area contributed by atoms with Gasteiger partial charge in [-0.1, -0.05) is 18.2 Å². The zero-order valence-electron chi connectivity index (χ0n) is 20.6. The fraction of sp³-hybridized carbons (Fsp3) is 0.185. The van der Waals surface area contributed by atoms with Gasteiger partial charge in [0.1, 0.15) is 0 Å². The van der Waals surface area contributed by atoms with E-state index in [0.29, 0.717) is 24.5 Å². The van der Waals surface area contributed by atoms with Crippen molar-refractivity contribution in [1.29, 1.82) is 0 Å². The van der Waals surface area contributed by atoms with Crippen LogP contribution in [-0.2, 0) is 16.6 Å².